The van der Waals surface area contributed by atoms with Gasteiger partial charge in [0.15, 0.2) is 0 Å². The highest BCUT2D eigenvalue weighted by molar-refractivity contribution is 5.83. The van der Waals surface area contributed by atoms with Crippen molar-refractivity contribution in [2.24, 2.45) is 17.1 Å². The van der Waals surface area contributed by atoms with Crippen molar-refractivity contribution < 1.29 is 4.79 Å². The Balaban J connectivity index is 1.94. The lowest BCUT2D eigenvalue weighted by atomic mass is 9.79. The van der Waals surface area contributed by atoms with Gasteiger partial charge in [-0.25, -0.2) is 0 Å². The number of nitrogens with two attached hydrogens (primary N) is 1. The minimum Gasteiger partial charge on any atom is -0.353 e. The van der Waals surface area contributed by atoms with Gasteiger partial charge in [-0.05, 0) is 38.5 Å². The van der Waals surface area contributed by atoms with Gasteiger partial charge in [0.1, 0.15) is 0 Å². The first-order valence-corrected chi connectivity index (χ1v) is 9.19. The fourth-order valence-electron chi connectivity index (χ4n) is 4.22. The van der Waals surface area contributed by atoms with Gasteiger partial charge in [0.25, 0.3) is 0 Å². The third-order valence-corrected chi connectivity index (χ3v) is 5.90. The molecule has 3 N–H and O–H groups in total. The lowest BCUT2D eigenvalue weighted by Gasteiger charge is -2.33. The molecule has 21 heavy (non-hydrogen) atoms. The van der Waals surface area contributed by atoms with E-state index < -0.39 is 0 Å². The Bertz CT molecular complexity index is 313. The molecule has 0 radical (unpaired) electrons. The van der Waals surface area contributed by atoms with E-state index >= 15 is 0 Å². The van der Waals surface area contributed by atoms with Gasteiger partial charge < -0.3 is 11.1 Å². The van der Waals surface area contributed by atoms with E-state index in [0.717, 1.165) is 25.7 Å². The Morgan fingerprint density at radius 3 is 2.10 bits per heavy atom. The van der Waals surface area contributed by atoms with E-state index in [2.05, 4.69) is 12.2 Å². The van der Waals surface area contributed by atoms with Gasteiger partial charge in [-0.1, -0.05) is 51.4 Å². The predicted molar refractivity (Wildman–Crippen MR) is 88.0 cm³/mol. The summed E-state index contributed by atoms with van der Waals surface area (Å²) in [4.78, 5) is 12.9. The van der Waals surface area contributed by atoms with Crippen LogP contribution in [-0.4, -0.2) is 18.5 Å². The number of hydrogen-bond donors (Lipinski definition) is 2. The molecule has 0 aromatic rings. The molecule has 2 aliphatic rings. The average molecular weight is 294 g/mol. The SMILES string of the molecule is C[C@H](NC(=O)C1(CN)CCCCCC1)C1CCCCCC1. The van der Waals surface area contributed by atoms with Crippen molar-refractivity contribution in [2.75, 3.05) is 6.54 Å². The summed E-state index contributed by atoms with van der Waals surface area (Å²) in [6, 6.07) is 0.308. The zero-order valence-corrected chi connectivity index (χ0v) is 13.8. The van der Waals surface area contributed by atoms with Crippen LogP contribution in [0.2, 0.25) is 0 Å². The van der Waals surface area contributed by atoms with Crippen LogP contribution in [0, 0.1) is 11.3 Å². The molecule has 3 heteroatoms. The summed E-state index contributed by atoms with van der Waals surface area (Å²) in [5, 5.41) is 3.35. The molecule has 0 bridgehead atoms. The Kier molecular flexibility index (Phi) is 6.53. The Morgan fingerprint density at radius 1 is 1.05 bits per heavy atom. The lowest BCUT2D eigenvalue weighted by Crippen LogP contribution is -2.50. The van der Waals surface area contributed by atoms with Crippen molar-refractivity contribution in [2.45, 2.75) is 90.0 Å². The maximum Gasteiger partial charge on any atom is 0.227 e. The first-order valence-electron chi connectivity index (χ1n) is 9.19. The molecule has 0 unspecified atom stereocenters. The molecule has 1 amide bonds. The van der Waals surface area contributed by atoms with E-state index in [-0.39, 0.29) is 11.3 Å². The van der Waals surface area contributed by atoms with Crippen LogP contribution < -0.4 is 11.1 Å². The molecule has 2 fully saturated rings. The van der Waals surface area contributed by atoms with Crippen LogP contribution in [-0.2, 0) is 4.79 Å². The normalized spacial score (nSPS) is 25.6. The summed E-state index contributed by atoms with van der Waals surface area (Å²) in [7, 11) is 0. The smallest absolute Gasteiger partial charge is 0.227 e. The number of carbonyl (C=O) groups is 1. The first-order chi connectivity index (χ1) is 10.2. The van der Waals surface area contributed by atoms with Gasteiger partial charge in [-0.3, -0.25) is 4.79 Å². The molecule has 3 nitrogen and oxygen atoms in total. The molecular formula is C18H34N2O. The van der Waals surface area contributed by atoms with E-state index in [9.17, 15) is 4.79 Å². The van der Waals surface area contributed by atoms with E-state index in [1.165, 1.54) is 51.4 Å². The molecule has 2 aliphatic carbocycles. The monoisotopic (exact) mass is 294 g/mol. The first kappa shape index (κ1) is 16.8. The van der Waals surface area contributed by atoms with Gasteiger partial charge in [0.05, 0.1) is 5.41 Å². The number of nitrogens with one attached hydrogen (secondary N) is 1. The highest BCUT2D eigenvalue weighted by Gasteiger charge is 2.38. The number of carbonyl (C=O) groups excluding carboxylic acids is 1. The number of rotatable bonds is 4. The molecule has 0 aliphatic heterocycles. The molecule has 122 valence electrons. The van der Waals surface area contributed by atoms with Crippen LogP contribution >= 0.6 is 0 Å². The molecule has 0 aromatic heterocycles. The molecule has 0 spiro atoms. The Labute approximate surface area is 130 Å². The maximum absolute atomic E-state index is 12.9. The lowest BCUT2D eigenvalue weighted by molar-refractivity contribution is -0.132. The van der Waals surface area contributed by atoms with Gasteiger partial charge in [0, 0.05) is 12.6 Å². The third kappa shape index (κ3) is 4.45. The molecule has 1 atom stereocenters. The van der Waals surface area contributed by atoms with Crippen molar-refractivity contribution in [1.29, 1.82) is 0 Å². The van der Waals surface area contributed by atoms with Crippen molar-refractivity contribution in [3.05, 3.63) is 0 Å². The van der Waals surface area contributed by atoms with Crippen LogP contribution in [0.25, 0.3) is 0 Å². The molecule has 0 heterocycles. The zero-order valence-electron chi connectivity index (χ0n) is 13.8. The van der Waals surface area contributed by atoms with Gasteiger partial charge >= 0.3 is 0 Å². The van der Waals surface area contributed by atoms with Gasteiger partial charge in [0.2, 0.25) is 5.91 Å². The van der Waals surface area contributed by atoms with Crippen LogP contribution in [0.3, 0.4) is 0 Å². The van der Waals surface area contributed by atoms with E-state index in [1.807, 2.05) is 0 Å². The summed E-state index contributed by atoms with van der Waals surface area (Å²) in [5.41, 5.74) is 5.74. The van der Waals surface area contributed by atoms with Crippen LogP contribution in [0.4, 0.5) is 0 Å². The van der Waals surface area contributed by atoms with E-state index in [0.29, 0.717) is 18.5 Å². The van der Waals surface area contributed by atoms with Crippen LogP contribution in [0.1, 0.15) is 84.0 Å². The molecule has 0 aromatic carbocycles. The average Bonchev–Trinajstić information content (AvgIpc) is 2.90. The zero-order chi connectivity index (χ0) is 15.1. The molecule has 2 rings (SSSR count). The van der Waals surface area contributed by atoms with Crippen LogP contribution in [0.5, 0.6) is 0 Å². The highest BCUT2D eigenvalue weighted by atomic mass is 16.2. The summed E-state index contributed by atoms with van der Waals surface area (Å²) in [6.07, 6.45) is 14.7. The summed E-state index contributed by atoms with van der Waals surface area (Å²) >= 11 is 0. The second kappa shape index (κ2) is 8.17. The highest BCUT2D eigenvalue weighted by Crippen LogP contribution is 2.35. The fraction of sp³-hybridized carbons (Fsp3) is 0.944. The second-order valence-corrected chi connectivity index (χ2v) is 7.41. The standard InChI is InChI=1S/C18H34N2O/c1-15(16-10-6-2-3-7-11-16)20-17(21)18(14-19)12-8-4-5-9-13-18/h15-16H,2-14,19H2,1H3,(H,20,21)/t15-/m0/s1. The largest absolute Gasteiger partial charge is 0.353 e. The predicted octanol–water partition coefficient (Wildman–Crippen LogP) is 3.76. The summed E-state index contributed by atoms with van der Waals surface area (Å²) in [6.45, 7) is 2.71. The van der Waals surface area contributed by atoms with Gasteiger partial charge in [-0.15, -0.1) is 0 Å². The van der Waals surface area contributed by atoms with E-state index in [1.54, 1.807) is 0 Å². The summed E-state index contributed by atoms with van der Waals surface area (Å²) < 4.78 is 0. The maximum atomic E-state index is 12.9. The molecule has 0 saturated heterocycles. The van der Waals surface area contributed by atoms with Crippen molar-refractivity contribution in [3.63, 3.8) is 0 Å². The summed E-state index contributed by atoms with van der Waals surface area (Å²) in [5.74, 6) is 0.903. The van der Waals surface area contributed by atoms with Gasteiger partial charge in [-0.2, -0.15) is 0 Å². The second-order valence-electron chi connectivity index (χ2n) is 7.41. The Morgan fingerprint density at radius 2 is 1.57 bits per heavy atom. The number of amides is 1. The minimum absolute atomic E-state index is 0.239. The fourth-order valence-corrected chi connectivity index (χ4v) is 4.22. The van der Waals surface area contributed by atoms with Crippen molar-refractivity contribution >= 4 is 5.91 Å². The van der Waals surface area contributed by atoms with Crippen LogP contribution in [0.15, 0.2) is 0 Å². The van der Waals surface area contributed by atoms with Crippen molar-refractivity contribution in [3.8, 4) is 0 Å². The molecular weight excluding hydrogens is 260 g/mol. The van der Waals surface area contributed by atoms with Crippen molar-refractivity contribution in [1.82, 2.24) is 5.32 Å². The topological polar surface area (TPSA) is 55.1 Å². The number of hydrogen-bond acceptors (Lipinski definition) is 2. The Hall–Kier alpha value is -0.570. The molecule has 2 saturated carbocycles. The van der Waals surface area contributed by atoms with E-state index in [4.69, 9.17) is 5.73 Å². The third-order valence-electron chi connectivity index (χ3n) is 5.90. The quantitative estimate of drug-likeness (QED) is 0.776. The minimum atomic E-state index is -0.282.